The van der Waals surface area contributed by atoms with E-state index < -0.39 is 0 Å². The molecule has 0 rings (SSSR count). The zero-order chi connectivity index (χ0) is 34.9. The van der Waals surface area contributed by atoms with E-state index in [9.17, 15) is 0 Å². The summed E-state index contributed by atoms with van der Waals surface area (Å²) in [5.41, 5.74) is 0. The fourth-order valence-electron chi connectivity index (χ4n) is 4.16. The van der Waals surface area contributed by atoms with Crippen molar-refractivity contribution in [3.63, 3.8) is 0 Å². The zero-order valence-electron chi connectivity index (χ0n) is 30.9. The lowest BCUT2D eigenvalue weighted by Gasteiger charge is -2.05. The van der Waals surface area contributed by atoms with Gasteiger partial charge in [-0.05, 0) is 12.8 Å². The molecule has 0 saturated carbocycles. The highest BCUT2D eigenvalue weighted by atomic mass is 16.5. The van der Waals surface area contributed by atoms with Crippen LogP contribution in [0, 0.1) is 0 Å². The molecule has 0 aromatic carbocycles. The fraction of sp³-hybridized carbons (Fsp3) is 1.00. The molecule has 11 nitrogen and oxygen atoms in total. The van der Waals surface area contributed by atoms with Crippen molar-refractivity contribution in [3.8, 4) is 0 Å². The predicted molar refractivity (Wildman–Crippen MR) is 193 cm³/mol. The van der Waals surface area contributed by atoms with Gasteiger partial charge in [0.05, 0.1) is 79.3 Å². The van der Waals surface area contributed by atoms with Crippen molar-refractivity contribution in [3.05, 3.63) is 0 Å². The molecule has 0 aliphatic heterocycles. The SMILES string of the molecule is CCCCCCCCCCCCOCCOCCO.CCCCCCCCCCCCOCCOCCO.O.OCCO.OCCO. The molecule has 47 heavy (non-hydrogen) atoms. The Kier molecular flexibility index (Phi) is 76.3. The van der Waals surface area contributed by atoms with Crippen LogP contribution in [0.15, 0.2) is 0 Å². The zero-order valence-corrected chi connectivity index (χ0v) is 30.9. The minimum Gasteiger partial charge on any atom is -0.412 e. The van der Waals surface area contributed by atoms with E-state index in [0.29, 0.717) is 39.6 Å². The molecule has 0 heterocycles. The second kappa shape index (κ2) is 64.1. The minimum atomic E-state index is -0.125. The summed E-state index contributed by atoms with van der Waals surface area (Å²) in [5, 5.41) is 47.5. The van der Waals surface area contributed by atoms with Gasteiger partial charge in [0.1, 0.15) is 0 Å². The van der Waals surface area contributed by atoms with E-state index in [1.54, 1.807) is 0 Å². The Morgan fingerprint density at radius 3 is 0.681 bits per heavy atom. The van der Waals surface area contributed by atoms with Crippen LogP contribution in [-0.2, 0) is 18.9 Å². The molecule has 292 valence electrons. The Morgan fingerprint density at radius 2 is 0.468 bits per heavy atom. The van der Waals surface area contributed by atoms with E-state index in [1.165, 1.54) is 116 Å². The first kappa shape index (κ1) is 56.0. The topological polar surface area (TPSA) is 190 Å². The van der Waals surface area contributed by atoms with E-state index in [-0.39, 0.29) is 45.1 Å². The van der Waals surface area contributed by atoms with Gasteiger partial charge in [0.2, 0.25) is 0 Å². The number of hydrogen-bond donors (Lipinski definition) is 6. The first-order chi connectivity index (χ1) is 22.7. The molecule has 0 spiro atoms. The van der Waals surface area contributed by atoms with Crippen molar-refractivity contribution in [2.45, 2.75) is 142 Å². The monoisotopic (exact) mass is 691 g/mol. The van der Waals surface area contributed by atoms with E-state index in [2.05, 4.69) is 13.8 Å². The van der Waals surface area contributed by atoms with Crippen LogP contribution in [0.1, 0.15) is 142 Å². The summed E-state index contributed by atoms with van der Waals surface area (Å²) in [7, 11) is 0. The van der Waals surface area contributed by atoms with Gasteiger partial charge in [0.25, 0.3) is 0 Å². The summed E-state index contributed by atoms with van der Waals surface area (Å²) in [4.78, 5) is 0. The lowest BCUT2D eigenvalue weighted by Crippen LogP contribution is -2.07. The first-order valence-corrected chi connectivity index (χ1v) is 18.6. The van der Waals surface area contributed by atoms with Crippen molar-refractivity contribution < 1.29 is 55.1 Å². The van der Waals surface area contributed by atoms with Crippen LogP contribution in [0.4, 0.5) is 0 Å². The summed E-state index contributed by atoms with van der Waals surface area (Å²) in [6.07, 6.45) is 27.1. The van der Waals surface area contributed by atoms with Gasteiger partial charge in [0.15, 0.2) is 0 Å². The van der Waals surface area contributed by atoms with Crippen molar-refractivity contribution in [2.75, 3.05) is 92.5 Å². The van der Waals surface area contributed by atoms with Crippen LogP contribution in [0.25, 0.3) is 0 Å². The summed E-state index contributed by atoms with van der Waals surface area (Å²) in [6.45, 7) is 9.24. The van der Waals surface area contributed by atoms with Gasteiger partial charge in [-0.15, -0.1) is 0 Å². The number of ether oxygens (including phenoxy) is 4. The Bertz CT molecular complexity index is 362. The van der Waals surface area contributed by atoms with Gasteiger partial charge in [-0.3, -0.25) is 0 Å². The number of rotatable bonds is 34. The van der Waals surface area contributed by atoms with E-state index in [1.807, 2.05) is 0 Å². The largest absolute Gasteiger partial charge is 0.412 e. The van der Waals surface area contributed by atoms with E-state index in [4.69, 9.17) is 49.6 Å². The third-order valence-electron chi connectivity index (χ3n) is 6.70. The molecule has 0 fully saturated rings. The normalized spacial score (nSPS) is 10.2. The molecule has 0 aliphatic rings. The van der Waals surface area contributed by atoms with Gasteiger partial charge in [-0.2, -0.15) is 0 Å². The second-order valence-corrected chi connectivity index (χ2v) is 11.2. The molecule has 0 aliphatic carbocycles. The molecule has 8 N–H and O–H groups in total. The molecule has 0 amide bonds. The van der Waals surface area contributed by atoms with E-state index in [0.717, 1.165) is 26.1 Å². The smallest absolute Gasteiger partial charge is 0.0701 e. The molecule has 0 bridgehead atoms. The van der Waals surface area contributed by atoms with Gasteiger partial charge in [-0.25, -0.2) is 0 Å². The standard InChI is InChI=1S/2C16H34O3.2C2H6O2.H2O/c2*1-2-3-4-5-6-7-8-9-10-11-13-18-15-16-19-14-12-17;2*3-1-2-4;/h2*17H,2-16H2,1H3;2*3-4H,1-2H2;1H2. The molecule has 0 radical (unpaired) electrons. The summed E-state index contributed by atoms with van der Waals surface area (Å²) < 4.78 is 21.1. The lowest BCUT2D eigenvalue weighted by atomic mass is 10.1. The van der Waals surface area contributed by atoms with Gasteiger partial charge in [0, 0.05) is 13.2 Å². The van der Waals surface area contributed by atoms with Crippen LogP contribution in [0.3, 0.4) is 0 Å². The maximum Gasteiger partial charge on any atom is 0.0701 e. The fourth-order valence-corrected chi connectivity index (χ4v) is 4.16. The third kappa shape index (κ3) is 76.8. The Balaban J connectivity index is -0.000000200. The van der Waals surface area contributed by atoms with Gasteiger partial charge in [-0.1, -0.05) is 129 Å². The average molecular weight is 691 g/mol. The highest BCUT2D eigenvalue weighted by molar-refractivity contribution is 4.48. The molecule has 11 heteroatoms. The van der Waals surface area contributed by atoms with Crippen LogP contribution in [-0.4, -0.2) is 129 Å². The van der Waals surface area contributed by atoms with Crippen molar-refractivity contribution >= 4 is 0 Å². The Hall–Kier alpha value is -0.440. The number of aliphatic hydroxyl groups is 6. The predicted octanol–water partition coefficient (Wildman–Crippen LogP) is 4.98. The number of unbranched alkanes of at least 4 members (excludes halogenated alkanes) is 18. The highest BCUT2D eigenvalue weighted by Gasteiger charge is 1.95. The average Bonchev–Trinajstić information content (AvgIpc) is 3.08. The highest BCUT2D eigenvalue weighted by Crippen LogP contribution is 2.11. The van der Waals surface area contributed by atoms with Crippen LogP contribution in [0.2, 0.25) is 0 Å². The molecule has 0 aromatic rings. The molecular formula is C36H82O11. The molecular weight excluding hydrogens is 608 g/mol. The molecule has 0 atom stereocenters. The maximum absolute atomic E-state index is 8.50. The lowest BCUT2D eigenvalue weighted by molar-refractivity contribution is 0.0320. The van der Waals surface area contributed by atoms with Crippen molar-refractivity contribution in [1.82, 2.24) is 0 Å². The maximum atomic E-state index is 8.50. The number of aliphatic hydroxyl groups excluding tert-OH is 6. The summed E-state index contributed by atoms with van der Waals surface area (Å²) >= 11 is 0. The summed E-state index contributed by atoms with van der Waals surface area (Å²) in [6, 6.07) is 0. The Labute approximate surface area is 289 Å². The van der Waals surface area contributed by atoms with Crippen LogP contribution in [0.5, 0.6) is 0 Å². The van der Waals surface area contributed by atoms with E-state index >= 15 is 0 Å². The van der Waals surface area contributed by atoms with Gasteiger partial charge >= 0.3 is 0 Å². The van der Waals surface area contributed by atoms with Crippen molar-refractivity contribution in [1.29, 1.82) is 0 Å². The third-order valence-corrected chi connectivity index (χ3v) is 6.70. The Morgan fingerprint density at radius 1 is 0.255 bits per heavy atom. The molecule has 0 aromatic heterocycles. The van der Waals surface area contributed by atoms with Gasteiger partial charge < -0.3 is 55.1 Å². The first-order valence-electron chi connectivity index (χ1n) is 18.6. The molecule has 0 saturated heterocycles. The molecule has 0 unspecified atom stereocenters. The minimum absolute atomic E-state index is 0. The second-order valence-electron chi connectivity index (χ2n) is 11.2. The summed E-state index contributed by atoms with van der Waals surface area (Å²) in [5.74, 6) is 0. The van der Waals surface area contributed by atoms with Crippen molar-refractivity contribution in [2.24, 2.45) is 0 Å². The number of hydrogen-bond acceptors (Lipinski definition) is 10. The quantitative estimate of drug-likeness (QED) is 0.0502. The van der Waals surface area contributed by atoms with Crippen LogP contribution < -0.4 is 0 Å². The van der Waals surface area contributed by atoms with Crippen LogP contribution >= 0.6 is 0 Å².